The van der Waals surface area contributed by atoms with Gasteiger partial charge in [0, 0.05) is 13.2 Å². The Morgan fingerprint density at radius 1 is 1.08 bits per heavy atom. The second-order valence-corrected chi connectivity index (χ2v) is 5.90. The van der Waals surface area contributed by atoms with Gasteiger partial charge in [-0.25, -0.2) is 0 Å². The van der Waals surface area contributed by atoms with Gasteiger partial charge in [0.25, 0.3) is 0 Å². The van der Waals surface area contributed by atoms with Gasteiger partial charge in [-0.2, -0.15) is 0 Å². The van der Waals surface area contributed by atoms with Gasteiger partial charge in [0.2, 0.25) is 0 Å². The number of ether oxygens (including phenoxy) is 2. The second-order valence-electron chi connectivity index (χ2n) is 5.49. The minimum atomic E-state index is 0.231. The molecule has 0 aliphatic heterocycles. The third-order valence-electron chi connectivity index (χ3n) is 3.61. The summed E-state index contributed by atoms with van der Waals surface area (Å²) in [6, 6.07) is 13.8. The molecule has 0 radical (unpaired) electrons. The zero-order valence-electron chi connectivity index (χ0n) is 13.9. The van der Waals surface area contributed by atoms with E-state index in [-0.39, 0.29) is 6.61 Å². The van der Waals surface area contributed by atoms with Crippen LogP contribution in [-0.2, 0) is 13.2 Å². The van der Waals surface area contributed by atoms with Gasteiger partial charge in [-0.15, -0.1) is 0 Å². The molecule has 0 aliphatic rings. The van der Waals surface area contributed by atoms with Crippen LogP contribution >= 0.6 is 11.6 Å². The van der Waals surface area contributed by atoms with Gasteiger partial charge in [0.15, 0.2) is 11.5 Å². The molecule has 2 N–H and O–H groups in total. The van der Waals surface area contributed by atoms with Crippen molar-refractivity contribution < 1.29 is 14.6 Å². The van der Waals surface area contributed by atoms with Crippen LogP contribution in [0.5, 0.6) is 11.5 Å². The summed E-state index contributed by atoms with van der Waals surface area (Å²) in [5, 5.41) is 12.6. The number of hydrogen-bond donors (Lipinski definition) is 2. The lowest BCUT2D eigenvalue weighted by molar-refractivity contribution is 0.283. The number of rotatable bonds is 10. The maximum Gasteiger partial charge on any atom is 0.180 e. The first-order chi connectivity index (χ1) is 11.7. The van der Waals surface area contributed by atoms with Crippen LogP contribution in [0.3, 0.4) is 0 Å². The lowest BCUT2D eigenvalue weighted by Gasteiger charge is -2.14. The fourth-order valence-electron chi connectivity index (χ4n) is 2.34. The predicted molar refractivity (Wildman–Crippen MR) is 96.8 cm³/mol. The highest BCUT2D eigenvalue weighted by Crippen LogP contribution is 2.37. The monoisotopic (exact) mass is 349 g/mol. The van der Waals surface area contributed by atoms with Crippen molar-refractivity contribution in [3.8, 4) is 11.5 Å². The van der Waals surface area contributed by atoms with E-state index in [1.54, 1.807) is 7.11 Å². The molecule has 0 spiro atoms. The highest BCUT2D eigenvalue weighted by Gasteiger charge is 2.12. The van der Waals surface area contributed by atoms with Crippen LogP contribution in [0.15, 0.2) is 42.5 Å². The lowest BCUT2D eigenvalue weighted by atomic mass is 10.2. The molecule has 2 aromatic rings. The number of benzene rings is 2. The molecule has 0 bridgehead atoms. The minimum absolute atomic E-state index is 0.231. The molecule has 0 aliphatic carbocycles. The molecule has 0 aromatic heterocycles. The summed E-state index contributed by atoms with van der Waals surface area (Å²) in [4.78, 5) is 0. The predicted octanol–water partition coefficient (Wildman–Crippen LogP) is 3.79. The molecule has 0 atom stereocenters. The molecule has 2 aromatic carbocycles. The van der Waals surface area contributed by atoms with Crippen molar-refractivity contribution in [2.75, 3.05) is 20.3 Å². The van der Waals surface area contributed by atoms with Crippen molar-refractivity contribution in [3.63, 3.8) is 0 Å². The van der Waals surface area contributed by atoms with E-state index < -0.39 is 0 Å². The van der Waals surface area contributed by atoms with Crippen LogP contribution in [0.25, 0.3) is 0 Å². The van der Waals surface area contributed by atoms with E-state index in [1.807, 2.05) is 42.5 Å². The Labute approximate surface area is 148 Å². The Kier molecular flexibility index (Phi) is 7.89. The summed E-state index contributed by atoms with van der Waals surface area (Å²) in [5.74, 6) is 1.19. The van der Waals surface area contributed by atoms with Gasteiger partial charge in [0.1, 0.15) is 6.61 Å². The summed E-state index contributed by atoms with van der Waals surface area (Å²) in [6.45, 7) is 2.22. The molecule has 0 fully saturated rings. The number of aliphatic hydroxyl groups is 1. The van der Waals surface area contributed by atoms with Gasteiger partial charge < -0.3 is 19.9 Å². The van der Waals surface area contributed by atoms with Gasteiger partial charge in [0.05, 0.1) is 12.1 Å². The summed E-state index contributed by atoms with van der Waals surface area (Å²) < 4.78 is 11.3. The van der Waals surface area contributed by atoms with Gasteiger partial charge in [-0.3, -0.25) is 0 Å². The fraction of sp³-hybridized carbons (Fsp3) is 0.368. The van der Waals surface area contributed by atoms with Crippen molar-refractivity contribution in [2.45, 2.75) is 26.0 Å². The summed E-state index contributed by atoms with van der Waals surface area (Å²) in [7, 11) is 1.61. The Morgan fingerprint density at radius 2 is 1.88 bits per heavy atom. The lowest BCUT2D eigenvalue weighted by Crippen LogP contribution is -2.15. The second kappa shape index (κ2) is 10.2. The van der Waals surface area contributed by atoms with Crippen LogP contribution in [0.4, 0.5) is 0 Å². The van der Waals surface area contributed by atoms with Crippen molar-refractivity contribution >= 4 is 11.6 Å². The zero-order valence-corrected chi connectivity index (χ0v) is 14.7. The van der Waals surface area contributed by atoms with E-state index in [9.17, 15) is 0 Å². The summed E-state index contributed by atoms with van der Waals surface area (Å²) in [5.41, 5.74) is 2.11. The van der Waals surface area contributed by atoms with Crippen molar-refractivity contribution in [2.24, 2.45) is 0 Å². The maximum atomic E-state index is 8.78. The Hall–Kier alpha value is -1.75. The number of nitrogens with one attached hydrogen (secondary N) is 1. The number of halogens is 1. The van der Waals surface area contributed by atoms with Gasteiger partial charge >= 0.3 is 0 Å². The van der Waals surface area contributed by atoms with Crippen molar-refractivity contribution in [3.05, 3.63) is 58.6 Å². The van der Waals surface area contributed by atoms with Crippen molar-refractivity contribution in [1.29, 1.82) is 0 Å². The topological polar surface area (TPSA) is 50.7 Å². The van der Waals surface area contributed by atoms with Crippen LogP contribution in [0.2, 0.25) is 5.02 Å². The van der Waals surface area contributed by atoms with Crippen molar-refractivity contribution in [1.82, 2.24) is 5.32 Å². The Balaban J connectivity index is 1.98. The molecule has 0 saturated heterocycles. The van der Waals surface area contributed by atoms with Crippen LogP contribution < -0.4 is 14.8 Å². The fourth-order valence-corrected chi connectivity index (χ4v) is 2.63. The van der Waals surface area contributed by atoms with Crippen LogP contribution in [0, 0.1) is 0 Å². The van der Waals surface area contributed by atoms with E-state index in [0.29, 0.717) is 29.7 Å². The maximum absolute atomic E-state index is 8.78. The van der Waals surface area contributed by atoms with Gasteiger partial charge in [-0.05, 0) is 42.6 Å². The molecule has 0 amide bonds. The largest absolute Gasteiger partial charge is 0.493 e. The first-order valence-electron chi connectivity index (χ1n) is 8.09. The SMILES string of the molecule is COc1cc(CNCCCCO)cc(Cl)c1OCc1ccccc1. The average Bonchev–Trinajstić information content (AvgIpc) is 2.61. The first-order valence-corrected chi connectivity index (χ1v) is 8.47. The van der Waals surface area contributed by atoms with E-state index >= 15 is 0 Å². The normalized spacial score (nSPS) is 10.6. The third-order valence-corrected chi connectivity index (χ3v) is 3.89. The standard InChI is InChI=1S/C19H24ClNO3/c1-23-18-12-16(13-21-9-5-6-10-22)11-17(20)19(18)24-14-15-7-3-2-4-8-15/h2-4,7-8,11-12,21-22H,5-6,9-10,13-14H2,1H3. The quantitative estimate of drug-likeness (QED) is 0.641. The molecule has 2 rings (SSSR count). The highest BCUT2D eigenvalue weighted by atomic mass is 35.5. The molecule has 5 heteroatoms. The smallest absolute Gasteiger partial charge is 0.180 e. The number of aliphatic hydroxyl groups excluding tert-OH is 1. The van der Waals surface area contributed by atoms with E-state index in [4.69, 9.17) is 26.2 Å². The number of hydrogen-bond acceptors (Lipinski definition) is 4. The molecule has 0 unspecified atom stereocenters. The van der Waals surface area contributed by atoms with E-state index in [1.165, 1.54) is 0 Å². The molecular weight excluding hydrogens is 326 g/mol. The zero-order chi connectivity index (χ0) is 17.2. The molecule has 0 saturated carbocycles. The first kappa shape index (κ1) is 18.6. The minimum Gasteiger partial charge on any atom is -0.493 e. The van der Waals surface area contributed by atoms with Crippen LogP contribution in [-0.4, -0.2) is 25.4 Å². The number of unbranched alkanes of at least 4 members (excludes halogenated alkanes) is 1. The summed E-state index contributed by atoms with van der Waals surface area (Å²) >= 11 is 6.38. The van der Waals surface area contributed by atoms with Crippen LogP contribution in [0.1, 0.15) is 24.0 Å². The molecule has 4 nitrogen and oxygen atoms in total. The molecular formula is C19H24ClNO3. The molecule has 0 heterocycles. The Bertz CT molecular complexity index is 620. The molecule has 130 valence electrons. The molecule has 24 heavy (non-hydrogen) atoms. The average molecular weight is 350 g/mol. The van der Waals surface area contributed by atoms with E-state index in [2.05, 4.69) is 5.32 Å². The van der Waals surface area contributed by atoms with Gasteiger partial charge in [-0.1, -0.05) is 41.9 Å². The Morgan fingerprint density at radius 3 is 2.58 bits per heavy atom. The van der Waals surface area contributed by atoms with E-state index in [0.717, 1.165) is 30.5 Å². The highest BCUT2D eigenvalue weighted by molar-refractivity contribution is 6.32. The third kappa shape index (κ3) is 5.71. The number of methoxy groups -OCH3 is 1. The summed E-state index contributed by atoms with van der Waals surface area (Å²) in [6.07, 6.45) is 1.75.